The van der Waals surface area contributed by atoms with Crippen LogP contribution in [-0.4, -0.2) is 90.2 Å². The summed E-state index contributed by atoms with van der Waals surface area (Å²) in [6, 6.07) is 10.1. The van der Waals surface area contributed by atoms with E-state index in [4.69, 9.17) is 17.0 Å². The predicted molar refractivity (Wildman–Crippen MR) is 152 cm³/mol. The lowest BCUT2D eigenvalue weighted by Crippen LogP contribution is -2.50. The number of alkyl halides is 3. The third-order valence-corrected chi connectivity index (χ3v) is 9.55. The number of nitrogens with one attached hydrogen (secondary N) is 2. The second-order valence-corrected chi connectivity index (χ2v) is 12.1. The smallest absolute Gasteiger partial charge is 0.379 e. The Morgan fingerprint density at radius 1 is 0.976 bits per heavy atom. The zero-order valence-corrected chi connectivity index (χ0v) is 23.3. The summed E-state index contributed by atoms with van der Waals surface area (Å²) in [7, 11) is -3.58. The Labute approximate surface area is 239 Å². The van der Waals surface area contributed by atoms with Crippen molar-refractivity contribution in [3.8, 4) is 0 Å². The fraction of sp³-hybridized carbons (Fsp3) is 0.346. The quantitative estimate of drug-likeness (QED) is 0.337. The van der Waals surface area contributed by atoms with Crippen LogP contribution in [0.4, 0.5) is 24.7 Å². The van der Waals surface area contributed by atoms with E-state index in [1.807, 2.05) is 4.90 Å². The second-order valence-electron chi connectivity index (χ2n) is 9.75. The fourth-order valence-electron chi connectivity index (χ4n) is 5.10. The molecular formula is C26H26F3N7O3S2. The number of hydrogen-bond donors (Lipinski definition) is 2. The van der Waals surface area contributed by atoms with Crippen LogP contribution in [0.2, 0.25) is 0 Å². The first-order chi connectivity index (χ1) is 19.6. The van der Waals surface area contributed by atoms with Crippen molar-refractivity contribution in [1.82, 2.24) is 24.2 Å². The molecule has 2 aromatic heterocycles. The van der Waals surface area contributed by atoms with Gasteiger partial charge in [-0.1, -0.05) is 6.07 Å². The lowest BCUT2D eigenvalue weighted by molar-refractivity contribution is -0.137. The van der Waals surface area contributed by atoms with Gasteiger partial charge in [-0.2, -0.15) is 17.5 Å². The fourth-order valence-corrected chi connectivity index (χ4v) is 6.81. The van der Waals surface area contributed by atoms with Crippen LogP contribution >= 0.6 is 12.2 Å². The van der Waals surface area contributed by atoms with Crippen LogP contribution in [0.15, 0.2) is 53.7 Å². The molecule has 4 aromatic rings. The van der Waals surface area contributed by atoms with Crippen LogP contribution < -0.4 is 10.2 Å². The molecule has 2 saturated heterocycles. The number of piperazine rings is 1. The van der Waals surface area contributed by atoms with Crippen molar-refractivity contribution in [2.24, 2.45) is 0 Å². The summed E-state index contributed by atoms with van der Waals surface area (Å²) in [6.07, 6.45) is -3.04. The number of aromatic nitrogens is 3. The number of H-pyrrole nitrogens is 1. The van der Waals surface area contributed by atoms with Crippen molar-refractivity contribution < 1.29 is 26.3 Å². The van der Waals surface area contributed by atoms with Gasteiger partial charge in [-0.05, 0) is 48.6 Å². The maximum atomic E-state index is 13.2. The minimum absolute atomic E-state index is 0.215. The number of nitrogens with zero attached hydrogens (tertiary/aromatic N) is 5. The van der Waals surface area contributed by atoms with E-state index in [9.17, 15) is 21.6 Å². The van der Waals surface area contributed by atoms with Crippen molar-refractivity contribution in [2.45, 2.75) is 11.1 Å². The molecule has 15 heteroatoms. The Balaban J connectivity index is 1.12. The molecule has 2 aliphatic heterocycles. The summed E-state index contributed by atoms with van der Waals surface area (Å²) in [5.74, 6) is 0.650. The first-order valence-electron chi connectivity index (χ1n) is 12.9. The standard InChI is InChI=1S/C26H26F3N7O3S2/c27-26(28,29)17-1-6-20-21(15-17)33-23-22(20)24(31-16-30-23)34-7-9-35(10-8-34)25(40)32-18-2-4-19(5-3-18)41(37,38)36-11-13-39-14-12-36/h1-6,15-16H,7-14H2,(H,32,40)(H,30,31,33). The van der Waals surface area contributed by atoms with Gasteiger partial charge < -0.3 is 24.8 Å². The Morgan fingerprint density at radius 2 is 1.68 bits per heavy atom. The number of hydrogen-bond acceptors (Lipinski definition) is 7. The van der Waals surface area contributed by atoms with E-state index in [2.05, 4.69) is 25.2 Å². The lowest BCUT2D eigenvalue weighted by atomic mass is 10.1. The molecule has 4 heterocycles. The molecule has 0 bridgehead atoms. The van der Waals surface area contributed by atoms with Gasteiger partial charge >= 0.3 is 6.18 Å². The summed E-state index contributed by atoms with van der Waals surface area (Å²) < 4.78 is 72.0. The monoisotopic (exact) mass is 605 g/mol. The van der Waals surface area contributed by atoms with Crippen LogP contribution in [0.1, 0.15) is 5.56 Å². The normalized spacial score (nSPS) is 17.3. The molecule has 0 unspecified atom stereocenters. The molecule has 216 valence electrons. The summed E-state index contributed by atoms with van der Waals surface area (Å²) in [5.41, 5.74) is 0.773. The Kier molecular flexibility index (Phi) is 7.21. The van der Waals surface area contributed by atoms with Crippen LogP contribution in [-0.2, 0) is 20.9 Å². The number of aromatic amines is 1. The zero-order valence-electron chi connectivity index (χ0n) is 21.7. The van der Waals surface area contributed by atoms with Gasteiger partial charge in [0, 0.05) is 55.9 Å². The Morgan fingerprint density at radius 3 is 2.37 bits per heavy atom. The number of halogens is 3. The van der Waals surface area contributed by atoms with Crippen LogP contribution in [0.25, 0.3) is 21.9 Å². The molecule has 2 N–H and O–H groups in total. The number of sulfonamides is 1. The van der Waals surface area contributed by atoms with Crippen LogP contribution in [0, 0.1) is 0 Å². The van der Waals surface area contributed by atoms with Crippen molar-refractivity contribution in [3.05, 3.63) is 54.4 Å². The van der Waals surface area contributed by atoms with Gasteiger partial charge in [0.05, 0.1) is 29.1 Å². The Hall–Kier alpha value is -3.53. The zero-order chi connectivity index (χ0) is 28.8. The minimum Gasteiger partial charge on any atom is -0.379 e. The van der Waals surface area contributed by atoms with Crippen molar-refractivity contribution in [2.75, 3.05) is 62.7 Å². The molecule has 2 aromatic carbocycles. The summed E-state index contributed by atoms with van der Waals surface area (Å²) >= 11 is 5.62. The van der Waals surface area contributed by atoms with Gasteiger partial charge in [-0.15, -0.1) is 0 Å². The summed E-state index contributed by atoms with van der Waals surface area (Å²) in [6.45, 7) is 3.76. The second kappa shape index (κ2) is 10.7. The maximum absolute atomic E-state index is 13.2. The molecule has 0 amide bonds. The van der Waals surface area contributed by atoms with Crippen molar-refractivity contribution in [3.63, 3.8) is 0 Å². The topological polar surface area (TPSA) is 107 Å². The molecule has 10 nitrogen and oxygen atoms in total. The highest BCUT2D eigenvalue weighted by Crippen LogP contribution is 2.36. The van der Waals surface area contributed by atoms with Crippen LogP contribution in [0.3, 0.4) is 0 Å². The van der Waals surface area contributed by atoms with Crippen LogP contribution in [0.5, 0.6) is 0 Å². The number of thiocarbonyl (C=S) groups is 1. The minimum atomic E-state index is -4.44. The van der Waals surface area contributed by atoms with E-state index < -0.39 is 21.8 Å². The molecule has 0 spiro atoms. The van der Waals surface area contributed by atoms with Gasteiger partial charge in [-0.25, -0.2) is 18.4 Å². The van der Waals surface area contributed by atoms with Gasteiger partial charge in [-0.3, -0.25) is 0 Å². The molecule has 2 aliphatic rings. The predicted octanol–water partition coefficient (Wildman–Crippen LogP) is 3.67. The number of benzene rings is 2. The van der Waals surface area contributed by atoms with Crippen molar-refractivity contribution >= 4 is 60.8 Å². The van der Waals surface area contributed by atoms with Gasteiger partial charge in [0.1, 0.15) is 17.8 Å². The first-order valence-corrected chi connectivity index (χ1v) is 14.8. The van der Waals surface area contributed by atoms with E-state index in [0.29, 0.717) is 91.0 Å². The molecule has 6 rings (SSSR count). The highest BCUT2D eigenvalue weighted by molar-refractivity contribution is 7.89. The highest BCUT2D eigenvalue weighted by atomic mass is 32.2. The molecule has 41 heavy (non-hydrogen) atoms. The summed E-state index contributed by atoms with van der Waals surface area (Å²) in [4.78, 5) is 16.0. The molecule has 0 radical (unpaired) electrons. The average Bonchev–Trinajstić information content (AvgIpc) is 3.36. The van der Waals surface area contributed by atoms with E-state index in [1.54, 1.807) is 24.3 Å². The van der Waals surface area contributed by atoms with Gasteiger partial charge in [0.2, 0.25) is 10.0 Å². The molecule has 0 saturated carbocycles. The molecule has 0 aliphatic carbocycles. The number of morpholine rings is 1. The largest absolute Gasteiger partial charge is 0.416 e. The van der Waals surface area contributed by atoms with E-state index >= 15 is 0 Å². The third kappa shape index (κ3) is 5.41. The van der Waals surface area contributed by atoms with Crippen molar-refractivity contribution in [1.29, 1.82) is 0 Å². The molecular weight excluding hydrogens is 579 g/mol. The van der Waals surface area contributed by atoms with Gasteiger partial charge in [0.25, 0.3) is 0 Å². The lowest BCUT2D eigenvalue weighted by Gasteiger charge is -2.37. The van der Waals surface area contributed by atoms with E-state index in [1.165, 1.54) is 16.7 Å². The maximum Gasteiger partial charge on any atom is 0.416 e. The summed E-state index contributed by atoms with van der Waals surface area (Å²) in [5, 5.41) is 4.99. The molecule has 2 fully saturated rings. The van der Waals surface area contributed by atoms with E-state index in [-0.39, 0.29) is 4.90 Å². The number of rotatable bonds is 4. The third-order valence-electron chi connectivity index (χ3n) is 7.28. The number of anilines is 2. The van der Waals surface area contributed by atoms with Gasteiger partial charge in [0.15, 0.2) is 5.11 Å². The molecule has 0 atom stereocenters. The highest BCUT2D eigenvalue weighted by Gasteiger charge is 2.31. The average molecular weight is 606 g/mol. The number of ether oxygens (including phenoxy) is 1. The Bertz CT molecular complexity index is 1700. The van der Waals surface area contributed by atoms with E-state index in [0.717, 1.165) is 12.1 Å². The SMILES string of the molecule is O=S(=O)(c1ccc(NC(=S)N2CCN(c3ncnc4[nH]c5cc(C(F)(F)F)ccc5c34)CC2)cc1)N1CCOCC1. The number of fused-ring (bicyclic) bond motifs is 3. The first kappa shape index (κ1) is 27.6.